The Morgan fingerprint density at radius 3 is 2.50 bits per heavy atom. The van der Waals surface area contributed by atoms with E-state index >= 15 is 0 Å². The molecular formula is C23H21FN4O4. The number of hydrogen-bond acceptors (Lipinski definition) is 5. The molecule has 9 heteroatoms. The number of carbonyl (C=O) groups is 3. The Labute approximate surface area is 183 Å². The van der Waals surface area contributed by atoms with Crippen LogP contribution in [0, 0.1) is 5.82 Å². The summed E-state index contributed by atoms with van der Waals surface area (Å²) < 4.78 is 15.2. The molecule has 0 radical (unpaired) electrons. The van der Waals surface area contributed by atoms with Gasteiger partial charge in [0, 0.05) is 38.1 Å². The van der Waals surface area contributed by atoms with Gasteiger partial charge < -0.3 is 14.6 Å². The molecule has 0 bridgehead atoms. The van der Waals surface area contributed by atoms with Crippen molar-refractivity contribution in [1.29, 1.82) is 0 Å². The first-order valence-electron chi connectivity index (χ1n) is 10.1. The van der Waals surface area contributed by atoms with Gasteiger partial charge in [-0.25, -0.2) is 9.37 Å². The number of halogens is 1. The molecule has 1 saturated heterocycles. The van der Waals surface area contributed by atoms with Gasteiger partial charge in [0.25, 0.3) is 0 Å². The number of nitrogens with zero attached hydrogens (tertiary/aromatic N) is 4. The SMILES string of the molecule is O=C1C(=O)N(C(=O)Cc2cncn2Cc2cccc(F)c2)CCN1Cc1cccc(O)c1. The molecular weight excluding hydrogens is 415 g/mol. The molecule has 1 aliphatic heterocycles. The summed E-state index contributed by atoms with van der Waals surface area (Å²) in [7, 11) is 0. The minimum atomic E-state index is -0.877. The third-order valence-electron chi connectivity index (χ3n) is 5.27. The monoisotopic (exact) mass is 436 g/mol. The normalized spacial score (nSPS) is 14.2. The number of phenols is 1. The average molecular weight is 436 g/mol. The fourth-order valence-corrected chi connectivity index (χ4v) is 3.66. The fraction of sp³-hybridized carbons (Fsp3) is 0.217. The van der Waals surface area contributed by atoms with E-state index in [4.69, 9.17) is 0 Å². The summed E-state index contributed by atoms with van der Waals surface area (Å²) in [5.41, 5.74) is 1.96. The summed E-state index contributed by atoms with van der Waals surface area (Å²) in [5, 5.41) is 9.58. The molecule has 1 aromatic heterocycles. The number of aromatic nitrogens is 2. The summed E-state index contributed by atoms with van der Waals surface area (Å²) in [4.78, 5) is 44.3. The number of benzene rings is 2. The molecule has 0 spiro atoms. The van der Waals surface area contributed by atoms with Crippen molar-refractivity contribution in [1.82, 2.24) is 19.4 Å². The highest BCUT2D eigenvalue weighted by Crippen LogP contribution is 2.16. The minimum absolute atomic E-state index is 0.0740. The van der Waals surface area contributed by atoms with Crippen molar-refractivity contribution in [2.24, 2.45) is 0 Å². The van der Waals surface area contributed by atoms with E-state index in [0.29, 0.717) is 23.4 Å². The molecule has 32 heavy (non-hydrogen) atoms. The van der Waals surface area contributed by atoms with Crippen LogP contribution in [0.3, 0.4) is 0 Å². The first kappa shape index (κ1) is 21.2. The van der Waals surface area contributed by atoms with E-state index in [2.05, 4.69) is 4.98 Å². The Balaban J connectivity index is 1.40. The molecule has 2 aromatic carbocycles. The lowest BCUT2D eigenvalue weighted by molar-refractivity contribution is -0.161. The molecule has 3 aromatic rings. The van der Waals surface area contributed by atoms with Gasteiger partial charge in [-0.2, -0.15) is 0 Å². The van der Waals surface area contributed by atoms with E-state index in [1.807, 2.05) is 0 Å². The molecule has 0 aliphatic carbocycles. The highest BCUT2D eigenvalue weighted by Gasteiger charge is 2.36. The Morgan fingerprint density at radius 1 is 1.00 bits per heavy atom. The Bertz CT molecular complexity index is 1180. The standard InChI is InChI=1S/C23H21FN4O4/c24-18-5-1-3-16(9-18)14-27-15-25-12-19(27)11-21(30)28-8-7-26(22(31)23(28)32)13-17-4-2-6-20(29)10-17/h1-6,9-10,12,15,29H,7-8,11,13-14H2. The second-order valence-electron chi connectivity index (χ2n) is 7.57. The molecule has 164 valence electrons. The van der Waals surface area contributed by atoms with E-state index in [-0.39, 0.29) is 37.6 Å². The van der Waals surface area contributed by atoms with Crippen molar-refractivity contribution in [3.8, 4) is 5.75 Å². The summed E-state index contributed by atoms with van der Waals surface area (Å²) in [5.74, 6) is -2.42. The molecule has 1 fully saturated rings. The van der Waals surface area contributed by atoms with Gasteiger partial charge in [0.1, 0.15) is 11.6 Å². The third-order valence-corrected chi connectivity index (χ3v) is 5.27. The summed E-state index contributed by atoms with van der Waals surface area (Å²) in [6.45, 7) is 0.779. The van der Waals surface area contributed by atoms with Crippen molar-refractivity contribution in [3.63, 3.8) is 0 Å². The van der Waals surface area contributed by atoms with Crippen LogP contribution in [0.1, 0.15) is 16.8 Å². The number of carbonyl (C=O) groups excluding carboxylic acids is 3. The number of imide groups is 1. The van der Waals surface area contributed by atoms with Crippen LogP contribution in [0.4, 0.5) is 4.39 Å². The number of hydrogen-bond donors (Lipinski definition) is 1. The van der Waals surface area contributed by atoms with E-state index in [1.54, 1.807) is 28.8 Å². The van der Waals surface area contributed by atoms with Crippen LogP contribution in [-0.2, 0) is 33.9 Å². The molecule has 1 N–H and O–H groups in total. The van der Waals surface area contributed by atoms with Crippen LogP contribution >= 0.6 is 0 Å². The summed E-state index contributed by atoms with van der Waals surface area (Å²) >= 11 is 0. The predicted molar refractivity (Wildman–Crippen MR) is 112 cm³/mol. The molecule has 0 saturated carbocycles. The molecule has 0 atom stereocenters. The molecule has 4 rings (SSSR count). The smallest absolute Gasteiger partial charge is 0.318 e. The maximum Gasteiger partial charge on any atom is 0.318 e. The molecule has 3 amide bonds. The molecule has 0 unspecified atom stereocenters. The fourth-order valence-electron chi connectivity index (χ4n) is 3.66. The topological polar surface area (TPSA) is 95.7 Å². The van der Waals surface area contributed by atoms with Crippen molar-refractivity contribution in [3.05, 3.63) is 83.7 Å². The zero-order chi connectivity index (χ0) is 22.7. The van der Waals surface area contributed by atoms with Crippen molar-refractivity contribution in [2.75, 3.05) is 13.1 Å². The van der Waals surface area contributed by atoms with Gasteiger partial charge in [0.05, 0.1) is 12.7 Å². The quantitative estimate of drug-likeness (QED) is 0.594. The van der Waals surface area contributed by atoms with E-state index in [1.165, 1.54) is 41.7 Å². The molecule has 2 heterocycles. The van der Waals surface area contributed by atoms with Crippen LogP contribution in [-0.4, -0.2) is 55.3 Å². The van der Waals surface area contributed by atoms with Gasteiger partial charge in [-0.1, -0.05) is 24.3 Å². The maximum atomic E-state index is 13.4. The lowest BCUT2D eigenvalue weighted by Gasteiger charge is -2.32. The first-order valence-corrected chi connectivity index (χ1v) is 10.1. The Hall–Kier alpha value is -4.01. The maximum absolute atomic E-state index is 13.4. The first-order chi connectivity index (χ1) is 15.4. The second kappa shape index (κ2) is 9.01. The number of piperazine rings is 1. The van der Waals surface area contributed by atoms with Crippen molar-refractivity contribution < 1.29 is 23.9 Å². The van der Waals surface area contributed by atoms with Crippen LogP contribution in [0.15, 0.2) is 61.1 Å². The molecule has 8 nitrogen and oxygen atoms in total. The number of rotatable bonds is 6. The third kappa shape index (κ3) is 4.66. The highest BCUT2D eigenvalue weighted by atomic mass is 19.1. The second-order valence-corrected chi connectivity index (χ2v) is 7.57. The van der Waals surface area contributed by atoms with Gasteiger partial charge in [-0.05, 0) is 35.4 Å². The van der Waals surface area contributed by atoms with Crippen LogP contribution in [0.5, 0.6) is 5.75 Å². The van der Waals surface area contributed by atoms with Crippen LogP contribution in [0.25, 0.3) is 0 Å². The van der Waals surface area contributed by atoms with E-state index in [0.717, 1.165) is 4.90 Å². The summed E-state index contributed by atoms with van der Waals surface area (Å²) in [6.07, 6.45) is 2.94. The number of imidazole rings is 1. The van der Waals surface area contributed by atoms with Gasteiger partial charge in [-0.3, -0.25) is 19.3 Å². The van der Waals surface area contributed by atoms with Gasteiger partial charge >= 0.3 is 11.8 Å². The van der Waals surface area contributed by atoms with E-state index < -0.39 is 17.7 Å². The summed E-state index contributed by atoms with van der Waals surface area (Å²) in [6, 6.07) is 12.6. The molecule has 1 aliphatic rings. The number of amides is 3. The average Bonchev–Trinajstić information content (AvgIpc) is 3.18. The Morgan fingerprint density at radius 2 is 1.75 bits per heavy atom. The van der Waals surface area contributed by atoms with Crippen molar-refractivity contribution >= 4 is 17.7 Å². The zero-order valence-corrected chi connectivity index (χ0v) is 17.1. The van der Waals surface area contributed by atoms with E-state index in [9.17, 15) is 23.9 Å². The van der Waals surface area contributed by atoms with Crippen molar-refractivity contribution in [2.45, 2.75) is 19.5 Å². The Kier molecular flexibility index (Phi) is 5.98. The van der Waals surface area contributed by atoms with Gasteiger partial charge in [0.15, 0.2) is 0 Å². The van der Waals surface area contributed by atoms with Crippen LogP contribution < -0.4 is 0 Å². The number of aromatic hydroxyl groups is 1. The van der Waals surface area contributed by atoms with Gasteiger partial charge in [-0.15, -0.1) is 0 Å². The van der Waals surface area contributed by atoms with Crippen LogP contribution in [0.2, 0.25) is 0 Å². The lowest BCUT2D eigenvalue weighted by atomic mass is 10.1. The zero-order valence-electron chi connectivity index (χ0n) is 17.1. The minimum Gasteiger partial charge on any atom is -0.508 e. The predicted octanol–water partition coefficient (Wildman–Crippen LogP) is 1.72. The number of phenolic OH excluding ortho intramolecular Hbond substituents is 1. The largest absolute Gasteiger partial charge is 0.508 e. The highest BCUT2D eigenvalue weighted by molar-refractivity contribution is 6.38. The lowest BCUT2D eigenvalue weighted by Crippen LogP contribution is -2.56. The van der Waals surface area contributed by atoms with Gasteiger partial charge in [0.2, 0.25) is 5.91 Å².